The third-order valence-corrected chi connectivity index (χ3v) is 5.42. The molecule has 0 bridgehead atoms. The minimum absolute atomic E-state index is 0.000387. The Labute approximate surface area is 160 Å². The summed E-state index contributed by atoms with van der Waals surface area (Å²) in [4.78, 5) is 12.5. The zero-order chi connectivity index (χ0) is 19.9. The molecule has 2 aromatic rings. The monoisotopic (exact) mass is 388 g/mol. The average Bonchev–Trinajstić information content (AvgIpc) is 2.66. The van der Waals surface area contributed by atoms with Crippen molar-refractivity contribution >= 4 is 15.9 Å². The fourth-order valence-electron chi connectivity index (χ4n) is 2.58. The molecule has 0 aliphatic heterocycles. The highest BCUT2D eigenvalue weighted by Gasteiger charge is 2.28. The molecule has 2 N–H and O–H groups in total. The van der Waals surface area contributed by atoms with Crippen molar-refractivity contribution in [3.63, 3.8) is 0 Å². The number of benzene rings is 2. The van der Waals surface area contributed by atoms with Gasteiger partial charge in [0.25, 0.3) is 0 Å². The van der Waals surface area contributed by atoms with Gasteiger partial charge in [-0.25, -0.2) is 8.42 Å². The highest BCUT2D eigenvalue weighted by atomic mass is 32.2. The topological polar surface area (TPSA) is 84.5 Å². The molecule has 144 valence electrons. The van der Waals surface area contributed by atoms with E-state index in [1.54, 1.807) is 19.1 Å². The minimum atomic E-state index is -3.98. The maximum atomic E-state index is 13.0. The summed E-state index contributed by atoms with van der Waals surface area (Å²) in [7, 11) is -2.57. The molecule has 0 radical (unpaired) electrons. The number of aryl methyl sites for hydroxylation is 1. The summed E-state index contributed by atoms with van der Waals surface area (Å²) in [5.74, 6) is -0.202. The second-order valence-electron chi connectivity index (χ2n) is 6.05. The molecule has 0 fully saturated rings. The van der Waals surface area contributed by atoms with E-state index in [1.807, 2.05) is 30.3 Å². The van der Waals surface area contributed by atoms with Gasteiger partial charge in [0.1, 0.15) is 16.7 Å². The van der Waals surface area contributed by atoms with E-state index in [9.17, 15) is 13.2 Å². The number of ether oxygens (including phenoxy) is 1. The van der Waals surface area contributed by atoms with Gasteiger partial charge in [-0.15, -0.1) is 6.58 Å². The van der Waals surface area contributed by atoms with Crippen LogP contribution in [0.25, 0.3) is 0 Å². The van der Waals surface area contributed by atoms with Gasteiger partial charge in [0.05, 0.1) is 7.11 Å². The molecule has 6 nitrogen and oxygen atoms in total. The lowest BCUT2D eigenvalue weighted by Gasteiger charge is -2.19. The molecule has 0 heterocycles. The van der Waals surface area contributed by atoms with Crippen LogP contribution in [0.3, 0.4) is 0 Å². The zero-order valence-corrected chi connectivity index (χ0v) is 16.3. The summed E-state index contributed by atoms with van der Waals surface area (Å²) in [5, 5.41) is 2.65. The van der Waals surface area contributed by atoms with Crippen molar-refractivity contribution in [2.75, 3.05) is 13.7 Å². The molecule has 27 heavy (non-hydrogen) atoms. The van der Waals surface area contributed by atoms with Crippen LogP contribution >= 0.6 is 0 Å². The highest BCUT2D eigenvalue weighted by Crippen LogP contribution is 2.25. The number of sulfonamides is 1. The highest BCUT2D eigenvalue weighted by molar-refractivity contribution is 7.89. The summed E-state index contributed by atoms with van der Waals surface area (Å²) in [6, 6.07) is 13.1. The van der Waals surface area contributed by atoms with E-state index in [2.05, 4.69) is 16.6 Å². The Hall–Kier alpha value is -2.64. The number of amides is 1. The Balaban J connectivity index is 2.34. The van der Waals surface area contributed by atoms with Crippen molar-refractivity contribution in [3.8, 4) is 5.75 Å². The maximum absolute atomic E-state index is 13.0. The van der Waals surface area contributed by atoms with Gasteiger partial charge in [0, 0.05) is 6.54 Å². The third-order valence-electron chi connectivity index (χ3n) is 3.93. The van der Waals surface area contributed by atoms with Crippen molar-refractivity contribution in [2.45, 2.75) is 24.3 Å². The van der Waals surface area contributed by atoms with Gasteiger partial charge in [0.2, 0.25) is 15.9 Å². The SMILES string of the molecule is C=CCNC(=O)[C@@H](Cc1ccccc1)NS(=O)(=O)c1cc(C)ccc1OC. The first-order valence-corrected chi connectivity index (χ1v) is 9.95. The molecule has 0 aliphatic carbocycles. The van der Waals surface area contributed by atoms with Gasteiger partial charge in [0.15, 0.2) is 0 Å². The zero-order valence-electron chi connectivity index (χ0n) is 15.4. The van der Waals surface area contributed by atoms with Crippen molar-refractivity contribution in [1.82, 2.24) is 10.0 Å². The minimum Gasteiger partial charge on any atom is -0.495 e. The van der Waals surface area contributed by atoms with Crippen LogP contribution in [-0.4, -0.2) is 34.0 Å². The molecular weight excluding hydrogens is 364 g/mol. The summed E-state index contributed by atoms with van der Waals surface area (Å²) >= 11 is 0. The lowest BCUT2D eigenvalue weighted by atomic mass is 10.1. The molecular formula is C20H24N2O4S. The van der Waals surface area contributed by atoms with E-state index >= 15 is 0 Å². The van der Waals surface area contributed by atoms with E-state index in [4.69, 9.17) is 4.74 Å². The largest absolute Gasteiger partial charge is 0.495 e. The number of methoxy groups -OCH3 is 1. The fraction of sp³-hybridized carbons (Fsp3) is 0.250. The first kappa shape index (κ1) is 20.7. The lowest BCUT2D eigenvalue weighted by Crippen LogP contribution is -2.48. The molecule has 1 atom stereocenters. The van der Waals surface area contributed by atoms with Gasteiger partial charge in [-0.2, -0.15) is 4.72 Å². The lowest BCUT2D eigenvalue weighted by molar-refractivity contribution is -0.122. The number of carbonyl (C=O) groups excluding carboxylic acids is 1. The molecule has 0 spiro atoms. The number of hydrogen-bond donors (Lipinski definition) is 2. The summed E-state index contributed by atoms with van der Waals surface area (Å²) < 4.78 is 33.6. The molecule has 1 amide bonds. The normalized spacial score (nSPS) is 12.2. The Morgan fingerprint density at radius 3 is 2.56 bits per heavy atom. The van der Waals surface area contributed by atoms with Crippen LogP contribution in [-0.2, 0) is 21.2 Å². The smallest absolute Gasteiger partial charge is 0.244 e. The molecule has 0 unspecified atom stereocenters. The molecule has 0 saturated heterocycles. The molecule has 0 saturated carbocycles. The first-order valence-electron chi connectivity index (χ1n) is 8.47. The van der Waals surface area contributed by atoms with Crippen LogP contribution < -0.4 is 14.8 Å². The summed E-state index contributed by atoms with van der Waals surface area (Å²) in [6.07, 6.45) is 1.76. The van der Waals surface area contributed by atoms with Crippen LogP contribution in [0.4, 0.5) is 0 Å². The average molecular weight is 388 g/mol. The van der Waals surface area contributed by atoms with Crippen LogP contribution in [0.15, 0.2) is 66.1 Å². The number of hydrogen-bond acceptors (Lipinski definition) is 4. The first-order chi connectivity index (χ1) is 12.9. The molecule has 7 heteroatoms. The van der Waals surface area contributed by atoms with Gasteiger partial charge in [-0.1, -0.05) is 42.5 Å². The fourth-order valence-corrected chi connectivity index (χ4v) is 4.03. The van der Waals surface area contributed by atoms with Crippen LogP contribution in [0.2, 0.25) is 0 Å². The molecule has 0 aliphatic rings. The van der Waals surface area contributed by atoms with Crippen molar-refractivity contribution in [1.29, 1.82) is 0 Å². The second-order valence-corrected chi connectivity index (χ2v) is 7.73. The maximum Gasteiger partial charge on any atom is 0.244 e. The quantitative estimate of drug-likeness (QED) is 0.645. The van der Waals surface area contributed by atoms with Crippen molar-refractivity contribution in [2.24, 2.45) is 0 Å². The Kier molecular flexibility index (Phi) is 7.15. The van der Waals surface area contributed by atoms with Gasteiger partial charge in [-0.3, -0.25) is 4.79 Å². The van der Waals surface area contributed by atoms with Crippen LogP contribution in [0.5, 0.6) is 5.75 Å². The van der Waals surface area contributed by atoms with E-state index < -0.39 is 22.0 Å². The molecule has 2 rings (SSSR count). The van der Waals surface area contributed by atoms with Crippen LogP contribution in [0.1, 0.15) is 11.1 Å². The summed E-state index contributed by atoms with van der Waals surface area (Å²) in [6.45, 7) is 5.60. The van der Waals surface area contributed by atoms with Crippen LogP contribution in [0, 0.1) is 6.92 Å². The molecule has 2 aromatic carbocycles. The number of rotatable bonds is 9. The van der Waals surface area contributed by atoms with Gasteiger partial charge < -0.3 is 10.1 Å². The third kappa shape index (κ3) is 5.67. The second kappa shape index (κ2) is 9.34. The van der Waals surface area contributed by atoms with Gasteiger partial charge in [-0.05, 0) is 36.6 Å². The predicted octanol–water partition coefficient (Wildman–Crippen LogP) is 2.20. The summed E-state index contributed by atoms with van der Waals surface area (Å²) in [5.41, 5.74) is 1.61. The van der Waals surface area contributed by atoms with Gasteiger partial charge >= 0.3 is 0 Å². The van der Waals surface area contributed by atoms with E-state index in [-0.39, 0.29) is 23.6 Å². The standard InChI is InChI=1S/C20H24N2O4S/c1-4-12-21-20(23)17(14-16-8-6-5-7-9-16)22-27(24,25)19-13-15(2)10-11-18(19)26-3/h4-11,13,17,22H,1,12,14H2,2-3H3,(H,21,23)/t17-/m1/s1. The van der Waals surface area contributed by atoms with Crippen molar-refractivity contribution in [3.05, 3.63) is 72.3 Å². The Morgan fingerprint density at radius 2 is 1.93 bits per heavy atom. The number of nitrogens with one attached hydrogen (secondary N) is 2. The van der Waals surface area contributed by atoms with E-state index in [0.717, 1.165) is 11.1 Å². The van der Waals surface area contributed by atoms with Crippen molar-refractivity contribution < 1.29 is 17.9 Å². The van der Waals surface area contributed by atoms with E-state index in [1.165, 1.54) is 19.3 Å². The predicted molar refractivity (Wildman–Crippen MR) is 105 cm³/mol. The Morgan fingerprint density at radius 1 is 1.22 bits per heavy atom. The Bertz CT molecular complexity index is 895. The number of carbonyl (C=O) groups is 1. The molecule has 0 aromatic heterocycles. The van der Waals surface area contributed by atoms with E-state index in [0.29, 0.717) is 0 Å².